The Bertz CT molecular complexity index is 105. The number of aliphatic hydroxyl groups is 1. The Morgan fingerprint density at radius 2 is 2.33 bits per heavy atom. The summed E-state index contributed by atoms with van der Waals surface area (Å²) in [5, 5.41) is 8.66. The van der Waals surface area contributed by atoms with Crippen LogP contribution in [0.3, 0.4) is 0 Å². The summed E-state index contributed by atoms with van der Waals surface area (Å²) in [6, 6.07) is 0. The molecule has 0 radical (unpaired) electrons. The SMILES string of the molecule is C=CC(CO)CC(=C)C. The molecule has 0 aromatic heterocycles. The van der Waals surface area contributed by atoms with Crippen LogP contribution in [-0.4, -0.2) is 11.7 Å². The van der Waals surface area contributed by atoms with Crippen LogP contribution in [0.1, 0.15) is 13.3 Å². The van der Waals surface area contributed by atoms with Gasteiger partial charge in [-0.3, -0.25) is 0 Å². The lowest BCUT2D eigenvalue weighted by Crippen LogP contribution is -2.01. The average molecular weight is 126 g/mol. The number of hydrogen-bond acceptors (Lipinski definition) is 1. The molecule has 52 valence electrons. The number of aliphatic hydroxyl groups excluding tert-OH is 1. The van der Waals surface area contributed by atoms with Crippen LogP contribution in [0.2, 0.25) is 0 Å². The first kappa shape index (κ1) is 8.44. The van der Waals surface area contributed by atoms with Gasteiger partial charge in [0.05, 0.1) is 0 Å². The van der Waals surface area contributed by atoms with E-state index in [0.29, 0.717) is 0 Å². The van der Waals surface area contributed by atoms with E-state index in [0.717, 1.165) is 12.0 Å². The Labute approximate surface area is 56.7 Å². The maximum Gasteiger partial charge on any atom is 0.0496 e. The largest absolute Gasteiger partial charge is 0.396 e. The molecule has 1 N–H and O–H groups in total. The van der Waals surface area contributed by atoms with E-state index in [9.17, 15) is 0 Å². The van der Waals surface area contributed by atoms with Gasteiger partial charge in [-0.05, 0) is 13.3 Å². The third-order valence-electron chi connectivity index (χ3n) is 1.18. The normalized spacial score (nSPS) is 12.7. The summed E-state index contributed by atoms with van der Waals surface area (Å²) in [6.07, 6.45) is 2.61. The highest BCUT2D eigenvalue weighted by molar-refractivity contribution is 4.94. The van der Waals surface area contributed by atoms with Crippen molar-refractivity contribution >= 4 is 0 Å². The van der Waals surface area contributed by atoms with E-state index >= 15 is 0 Å². The van der Waals surface area contributed by atoms with Crippen LogP contribution in [0.25, 0.3) is 0 Å². The molecular weight excluding hydrogens is 112 g/mol. The third-order valence-corrected chi connectivity index (χ3v) is 1.18. The lowest BCUT2D eigenvalue weighted by Gasteiger charge is -2.06. The van der Waals surface area contributed by atoms with E-state index < -0.39 is 0 Å². The second-order valence-corrected chi connectivity index (χ2v) is 2.34. The fraction of sp³-hybridized carbons (Fsp3) is 0.500. The van der Waals surface area contributed by atoms with Crippen molar-refractivity contribution in [3.05, 3.63) is 24.8 Å². The first-order valence-corrected chi connectivity index (χ1v) is 3.08. The van der Waals surface area contributed by atoms with Gasteiger partial charge in [-0.15, -0.1) is 13.2 Å². The van der Waals surface area contributed by atoms with Gasteiger partial charge in [0, 0.05) is 12.5 Å². The van der Waals surface area contributed by atoms with E-state index in [2.05, 4.69) is 13.2 Å². The first-order valence-electron chi connectivity index (χ1n) is 3.08. The van der Waals surface area contributed by atoms with Crippen molar-refractivity contribution in [1.82, 2.24) is 0 Å². The molecule has 1 nitrogen and oxygen atoms in total. The molecule has 0 aliphatic carbocycles. The summed E-state index contributed by atoms with van der Waals surface area (Å²) in [4.78, 5) is 0. The summed E-state index contributed by atoms with van der Waals surface area (Å²) in [5.41, 5.74) is 1.09. The molecule has 0 saturated heterocycles. The highest BCUT2D eigenvalue weighted by Crippen LogP contribution is 2.08. The molecule has 1 atom stereocenters. The monoisotopic (exact) mass is 126 g/mol. The van der Waals surface area contributed by atoms with Gasteiger partial charge in [-0.2, -0.15) is 0 Å². The molecule has 0 fully saturated rings. The molecule has 1 heteroatoms. The zero-order chi connectivity index (χ0) is 7.28. The van der Waals surface area contributed by atoms with Gasteiger partial charge < -0.3 is 5.11 Å². The fourth-order valence-corrected chi connectivity index (χ4v) is 0.670. The highest BCUT2D eigenvalue weighted by atomic mass is 16.3. The molecule has 0 aromatic rings. The zero-order valence-corrected chi connectivity index (χ0v) is 5.93. The standard InChI is InChI=1S/C8H14O/c1-4-8(6-9)5-7(2)3/h4,8-9H,1-2,5-6H2,3H3. The van der Waals surface area contributed by atoms with Crippen molar-refractivity contribution in [3.8, 4) is 0 Å². The quantitative estimate of drug-likeness (QED) is 0.569. The van der Waals surface area contributed by atoms with E-state index in [-0.39, 0.29) is 12.5 Å². The first-order chi connectivity index (χ1) is 4.20. The molecule has 0 bridgehead atoms. The summed E-state index contributed by atoms with van der Waals surface area (Å²) in [5.74, 6) is 0.197. The molecule has 0 saturated carbocycles. The van der Waals surface area contributed by atoms with Gasteiger partial charge in [-0.1, -0.05) is 11.6 Å². The molecule has 0 aliphatic rings. The maximum atomic E-state index is 8.66. The van der Waals surface area contributed by atoms with Crippen LogP contribution in [0.4, 0.5) is 0 Å². The predicted octanol–water partition coefficient (Wildman–Crippen LogP) is 1.75. The molecule has 9 heavy (non-hydrogen) atoms. The lowest BCUT2D eigenvalue weighted by atomic mass is 10.0. The van der Waals surface area contributed by atoms with Crippen molar-refractivity contribution in [1.29, 1.82) is 0 Å². The van der Waals surface area contributed by atoms with Crippen molar-refractivity contribution < 1.29 is 5.11 Å². The molecule has 0 amide bonds. The van der Waals surface area contributed by atoms with Crippen LogP contribution in [0.5, 0.6) is 0 Å². The van der Waals surface area contributed by atoms with Gasteiger partial charge in [0.1, 0.15) is 0 Å². The van der Waals surface area contributed by atoms with Gasteiger partial charge in [0.2, 0.25) is 0 Å². The summed E-state index contributed by atoms with van der Waals surface area (Å²) in [7, 11) is 0. The van der Waals surface area contributed by atoms with Crippen LogP contribution >= 0.6 is 0 Å². The zero-order valence-electron chi connectivity index (χ0n) is 5.93. The minimum atomic E-state index is 0.177. The van der Waals surface area contributed by atoms with Crippen LogP contribution < -0.4 is 0 Å². The lowest BCUT2D eigenvalue weighted by molar-refractivity contribution is 0.252. The molecular formula is C8H14O. The van der Waals surface area contributed by atoms with Crippen LogP contribution in [0, 0.1) is 5.92 Å². The Hall–Kier alpha value is -0.560. The summed E-state index contributed by atoms with van der Waals surface area (Å²) in [6.45, 7) is 9.44. The van der Waals surface area contributed by atoms with E-state index in [4.69, 9.17) is 5.11 Å². The van der Waals surface area contributed by atoms with E-state index in [1.807, 2.05) is 6.92 Å². The Morgan fingerprint density at radius 3 is 2.44 bits per heavy atom. The summed E-state index contributed by atoms with van der Waals surface area (Å²) >= 11 is 0. The van der Waals surface area contributed by atoms with E-state index in [1.54, 1.807) is 6.08 Å². The highest BCUT2D eigenvalue weighted by Gasteiger charge is 2.00. The van der Waals surface area contributed by atoms with Crippen LogP contribution in [-0.2, 0) is 0 Å². The predicted molar refractivity (Wildman–Crippen MR) is 40.2 cm³/mol. The smallest absolute Gasteiger partial charge is 0.0496 e. The second-order valence-electron chi connectivity index (χ2n) is 2.34. The van der Waals surface area contributed by atoms with Crippen molar-refractivity contribution in [2.24, 2.45) is 5.92 Å². The van der Waals surface area contributed by atoms with Gasteiger partial charge in [0.15, 0.2) is 0 Å². The molecule has 1 unspecified atom stereocenters. The number of hydrogen-bond donors (Lipinski definition) is 1. The third kappa shape index (κ3) is 3.98. The number of rotatable bonds is 4. The van der Waals surface area contributed by atoms with Gasteiger partial charge >= 0.3 is 0 Å². The average Bonchev–Trinajstić information content (AvgIpc) is 1.82. The van der Waals surface area contributed by atoms with E-state index in [1.165, 1.54) is 0 Å². The Kier molecular flexibility index (Phi) is 4.06. The fourth-order valence-electron chi connectivity index (χ4n) is 0.670. The number of allylic oxidation sites excluding steroid dienone is 1. The Morgan fingerprint density at radius 1 is 1.78 bits per heavy atom. The molecule has 0 rings (SSSR count). The van der Waals surface area contributed by atoms with Crippen molar-refractivity contribution in [2.45, 2.75) is 13.3 Å². The second kappa shape index (κ2) is 4.33. The molecule has 0 heterocycles. The van der Waals surface area contributed by atoms with Crippen LogP contribution in [0.15, 0.2) is 24.8 Å². The topological polar surface area (TPSA) is 20.2 Å². The summed E-state index contributed by atoms with van der Waals surface area (Å²) < 4.78 is 0. The van der Waals surface area contributed by atoms with Gasteiger partial charge in [0.25, 0.3) is 0 Å². The molecule has 0 aliphatic heterocycles. The minimum Gasteiger partial charge on any atom is -0.396 e. The van der Waals surface area contributed by atoms with Crippen molar-refractivity contribution in [2.75, 3.05) is 6.61 Å². The van der Waals surface area contributed by atoms with Gasteiger partial charge in [-0.25, -0.2) is 0 Å². The Balaban J connectivity index is 3.55. The maximum absolute atomic E-state index is 8.66. The molecule has 0 aromatic carbocycles. The molecule has 0 spiro atoms. The van der Waals surface area contributed by atoms with Crippen molar-refractivity contribution in [3.63, 3.8) is 0 Å². The minimum absolute atomic E-state index is 0.177.